The van der Waals surface area contributed by atoms with Crippen LogP contribution in [0.3, 0.4) is 0 Å². The van der Waals surface area contributed by atoms with Crippen LogP contribution >= 0.6 is 0 Å². The second-order valence-electron chi connectivity index (χ2n) is 5.25. The lowest BCUT2D eigenvalue weighted by Crippen LogP contribution is -2.39. The highest BCUT2D eigenvalue weighted by atomic mass is 16.1. The summed E-state index contributed by atoms with van der Waals surface area (Å²) >= 11 is 0. The monoisotopic (exact) mass is 256 g/mol. The molecule has 0 aliphatic carbocycles. The van der Waals surface area contributed by atoms with Crippen LogP contribution in [0.25, 0.3) is 10.9 Å². The molecular formula is C16H20N2O. The van der Waals surface area contributed by atoms with Crippen LogP contribution in [0.15, 0.2) is 36.4 Å². The molecule has 0 unspecified atom stereocenters. The second kappa shape index (κ2) is 5.83. The van der Waals surface area contributed by atoms with Gasteiger partial charge in [-0.2, -0.15) is 0 Å². The highest BCUT2D eigenvalue weighted by Crippen LogP contribution is 2.14. The SMILES string of the molecule is CC(=O)N[C@H](Cc1ccc2ccccc2n1)C(C)C. The molecule has 1 heterocycles. The molecule has 2 rings (SSSR count). The van der Waals surface area contributed by atoms with E-state index in [1.807, 2.05) is 24.3 Å². The summed E-state index contributed by atoms with van der Waals surface area (Å²) in [5.41, 5.74) is 2.02. The largest absolute Gasteiger partial charge is 0.353 e. The number of amides is 1. The summed E-state index contributed by atoms with van der Waals surface area (Å²) in [6, 6.07) is 12.3. The van der Waals surface area contributed by atoms with Gasteiger partial charge in [0, 0.05) is 30.5 Å². The van der Waals surface area contributed by atoms with Crippen LogP contribution in [0.2, 0.25) is 0 Å². The fourth-order valence-corrected chi connectivity index (χ4v) is 2.16. The summed E-state index contributed by atoms with van der Waals surface area (Å²) in [4.78, 5) is 15.9. The number of hydrogen-bond donors (Lipinski definition) is 1. The van der Waals surface area contributed by atoms with Gasteiger partial charge in [0.2, 0.25) is 5.91 Å². The number of nitrogens with one attached hydrogen (secondary N) is 1. The molecule has 1 aromatic carbocycles. The minimum Gasteiger partial charge on any atom is -0.353 e. The van der Waals surface area contributed by atoms with Crippen molar-refractivity contribution in [1.29, 1.82) is 0 Å². The molecule has 3 heteroatoms. The molecule has 3 nitrogen and oxygen atoms in total. The zero-order valence-corrected chi connectivity index (χ0v) is 11.7. The summed E-state index contributed by atoms with van der Waals surface area (Å²) in [6.45, 7) is 5.78. The third-order valence-corrected chi connectivity index (χ3v) is 3.28. The van der Waals surface area contributed by atoms with Crippen LogP contribution in [0.4, 0.5) is 0 Å². The first-order valence-electron chi connectivity index (χ1n) is 6.68. The van der Waals surface area contributed by atoms with Gasteiger partial charge in [-0.05, 0) is 18.1 Å². The topological polar surface area (TPSA) is 42.0 Å². The normalized spacial score (nSPS) is 12.6. The highest BCUT2D eigenvalue weighted by molar-refractivity contribution is 5.78. The Kier molecular flexibility index (Phi) is 4.15. The second-order valence-corrected chi connectivity index (χ2v) is 5.25. The lowest BCUT2D eigenvalue weighted by molar-refractivity contribution is -0.119. The molecular weight excluding hydrogens is 236 g/mol. The highest BCUT2D eigenvalue weighted by Gasteiger charge is 2.15. The Balaban J connectivity index is 2.21. The van der Waals surface area contributed by atoms with Gasteiger partial charge in [-0.15, -0.1) is 0 Å². The quantitative estimate of drug-likeness (QED) is 0.913. The van der Waals surface area contributed by atoms with Crippen LogP contribution in [-0.2, 0) is 11.2 Å². The fourth-order valence-electron chi connectivity index (χ4n) is 2.16. The Morgan fingerprint density at radius 2 is 1.95 bits per heavy atom. The number of carbonyl (C=O) groups excluding carboxylic acids is 1. The predicted octanol–water partition coefficient (Wildman–Crippen LogP) is 2.94. The number of rotatable bonds is 4. The minimum absolute atomic E-state index is 0.0134. The van der Waals surface area contributed by atoms with Gasteiger partial charge < -0.3 is 5.32 Å². The van der Waals surface area contributed by atoms with Gasteiger partial charge in [0.05, 0.1) is 5.52 Å². The molecule has 0 saturated carbocycles. The van der Waals surface area contributed by atoms with Gasteiger partial charge >= 0.3 is 0 Å². The van der Waals surface area contributed by atoms with Crippen molar-refractivity contribution in [1.82, 2.24) is 10.3 Å². The summed E-state index contributed by atoms with van der Waals surface area (Å²) in [5, 5.41) is 4.14. The van der Waals surface area contributed by atoms with E-state index in [1.165, 1.54) is 0 Å². The number of pyridine rings is 1. The van der Waals surface area contributed by atoms with Crippen LogP contribution in [-0.4, -0.2) is 16.9 Å². The molecule has 0 radical (unpaired) electrons. The number of carbonyl (C=O) groups is 1. The number of nitrogens with zero attached hydrogens (tertiary/aromatic N) is 1. The van der Waals surface area contributed by atoms with Crippen molar-refractivity contribution in [3.8, 4) is 0 Å². The number of benzene rings is 1. The zero-order chi connectivity index (χ0) is 13.8. The van der Waals surface area contributed by atoms with Crippen molar-refractivity contribution in [2.45, 2.75) is 33.2 Å². The van der Waals surface area contributed by atoms with Crippen molar-refractivity contribution < 1.29 is 4.79 Å². The molecule has 2 aromatic rings. The van der Waals surface area contributed by atoms with E-state index in [1.54, 1.807) is 6.92 Å². The van der Waals surface area contributed by atoms with Crippen molar-refractivity contribution in [3.63, 3.8) is 0 Å². The molecule has 1 amide bonds. The Labute approximate surface area is 114 Å². The van der Waals surface area contributed by atoms with E-state index in [4.69, 9.17) is 0 Å². The third-order valence-electron chi connectivity index (χ3n) is 3.28. The van der Waals surface area contributed by atoms with E-state index in [2.05, 4.69) is 36.3 Å². The van der Waals surface area contributed by atoms with Crippen molar-refractivity contribution in [3.05, 3.63) is 42.1 Å². The molecule has 0 aliphatic heterocycles. The summed E-state index contributed by atoms with van der Waals surface area (Å²) < 4.78 is 0. The zero-order valence-electron chi connectivity index (χ0n) is 11.7. The average Bonchev–Trinajstić information content (AvgIpc) is 2.37. The third kappa shape index (κ3) is 3.53. The van der Waals surface area contributed by atoms with Crippen LogP contribution in [0.5, 0.6) is 0 Å². The molecule has 19 heavy (non-hydrogen) atoms. The van der Waals surface area contributed by atoms with E-state index >= 15 is 0 Å². The Morgan fingerprint density at radius 1 is 1.21 bits per heavy atom. The fraction of sp³-hybridized carbons (Fsp3) is 0.375. The maximum absolute atomic E-state index is 11.2. The number of hydrogen-bond acceptors (Lipinski definition) is 2. The van der Waals surface area contributed by atoms with Gasteiger partial charge in [0.25, 0.3) is 0 Å². The van der Waals surface area contributed by atoms with Crippen LogP contribution in [0, 0.1) is 5.92 Å². The first kappa shape index (κ1) is 13.5. The first-order chi connectivity index (χ1) is 9.06. The molecule has 100 valence electrons. The molecule has 0 bridgehead atoms. The maximum Gasteiger partial charge on any atom is 0.217 e. The van der Waals surface area contributed by atoms with E-state index < -0.39 is 0 Å². The predicted molar refractivity (Wildman–Crippen MR) is 77.9 cm³/mol. The van der Waals surface area contributed by atoms with Crippen molar-refractivity contribution >= 4 is 16.8 Å². The lowest BCUT2D eigenvalue weighted by atomic mass is 9.98. The molecule has 0 fully saturated rings. The standard InChI is InChI=1S/C16H20N2O/c1-11(2)16(17-12(3)19)10-14-9-8-13-6-4-5-7-15(13)18-14/h4-9,11,16H,10H2,1-3H3,(H,17,19)/t16-/m1/s1. The van der Waals surface area contributed by atoms with Crippen LogP contribution < -0.4 is 5.32 Å². The van der Waals surface area contributed by atoms with E-state index in [0.717, 1.165) is 23.0 Å². The van der Waals surface area contributed by atoms with Crippen LogP contribution in [0.1, 0.15) is 26.5 Å². The van der Waals surface area contributed by atoms with E-state index in [0.29, 0.717) is 5.92 Å². The molecule has 1 N–H and O–H groups in total. The lowest BCUT2D eigenvalue weighted by Gasteiger charge is -2.21. The van der Waals surface area contributed by atoms with E-state index in [9.17, 15) is 4.79 Å². The van der Waals surface area contributed by atoms with Gasteiger partial charge in [-0.25, -0.2) is 0 Å². The molecule has 1 aromatic heterocycles. The van der Waals surface area contributed by atoms with E-state index in [-0.39, 0.29) is 11.9 Å². The Hall–Kier alpha value is -1.90. The Morgan fingerprint density at radius 3 is 2.63 bits per heavy atom. The average molecular weight is 256 g/mol. The maximum atomic E-state index is 11.2. The van der Waals surface area contributed by atoms with Gasteiger partial charge in [-0.3, -0.25) is 9.78 Å². The number of para-hydroxylation sites is 1. The smallest absolute Gasteiger partial charge is 0.217 e. The first-order valence-corrected chi connectivity index (χ1v) is 6.68. The van der Waals surface area contributed by atoms with Gasteiger partial charge in [0.15, 0.2) is 0 Å². The van der Waals surface area contributed by atoms with Crippen molar-refractivity contribution in [2.24, 2.45) is 5.92 Å². The summed E-state index contributed by atoms with van der Waals surface area (Å²) in [5.74, 6) is 0.400. The Bertz CT molecular complexity index is 578. The number of fused-ring (bicyclic) bond motifs is 1. The molecule has 0 spiro atoms. The molecule has 0 aliphatic rings. The summed E-state index contributed by atoms with van der Waals surface area (Å²) in [7, 11) is 0. The summed E-state index contributed by atoms with van der Waals surface area (Å²) in [6.07, 6.45) is 0.766. The van der Waals surface area contributed by atoms with Gasteiger partial charge in [0.1, 0.15) is 0 Å². The van der Waals surface area contributed by atoms with Crippen molar-refractivity contribution in [2.75, 3.05) is 0 Å². The number of aromatic nitrogens is 1. The van der Waals surface area contributed by atoms with Gasteiger partial charge in [-0.1, -0.05) is 38.1 Å². The molecule has 0 saturated heterocycles. The molecule has 1 atom stereocenters. The minimum atomic E-state index is 0.0134.